The van der Waals surface area contributed by atoms with Crippen LogP contribution in [0, 0.1) is 13.8 Å². The van der Waals surface area contributed by atoms with Crippen molar-refractivity contribution in [3.05, 3.63) is 57.7 Å². The third-order valence-electron chi connectivity index (χ3n) is 6.05. The van der Waals surface area contributed by atoms with E-state index in [0.717, 1.165) is 18.2 Å². The molecule has 214 valence electrons. The number of anilines is 1. The number of hydrogen-bond acceptors (Lipinski definition) is 7. The molecule has 0 aliphatic rings. The summed E-state index contributed by atoms with van der Waals surface area (Å²) in [6.45, 7) is 5.09. The van der Waals surface area contributed by atoms with Gasteiger partial charge in [-0.2, -0.15) is 36.5 Å². The Morgan fingerprint density at radius 1 is 1.00 bits per heavy atom. The zero-order valence-electron chi connectivity index (χ0n) is 21.3. The Kier molecular flexibility index (Phi) is 6.51. The smallest absolute Gasteiger partial charge is 0.365 e. The van der Waals surface area contributed by atoms with Gasteiger partial charge in [0.05, 0.1) is 11.4 Å². The summed E-state index contributed by atoms with van der Waals surface area (Å²) < 4.78 is 84.1. The highest BCUT2D eigenvalue weighted by molar-refractivity contribution is 7.21. The Bertz CT molecular complexity index is 1870. The van der Waals surface area contributed by atoms with Gasteiger partial charge in [-0.25, -0.2) is 14.5 Å². The van der Waals surface area contributed by atoms with Gasteiger partial charge in [0.1, 0.15) is 21.1 Å². The van der Waals surface area contributed by atoms with Crippen molar-refractivity contribution >= 4 is 44.7 Å². The number of carbonyl (C=O) groups excluding carboxylic acids is 2. The topological polar surface area (TPSA) is 133 Å². The third kappa shape index (κ3) is 4.96. The zero-order chi connectivity index (χ0) is 30.0. The third-order valence-corrected chi connectivity index (χ3v) is 7.15. The van der Waals surface area contributed by atoms with E-state index < -0.39 is 41.2 Å². The standard InChI is InChI=1S/C24H18F6N8O2S/c1-4-37-8-12(10(3)35-37)11-6-14(23(25,26)27)33-22-17(11)18(19(41-22)20(31)39)34-21(40)13-7-16-32-9(2)5-15(24(28,29)30)38(16)36-13/h5-8H,4H2,1-3H3,(H2,31,39)(H,34,40). The average Bonchev–Trinajstić information content (AvgIpc) is 3.56. The molecule has 0 fully saturated rings. The molecule has 5 aromatic heterocycles. The minimum Gasteiger partial charge on any atom is -0.365 e. The number of aryl methyl sites for hydroxylation is 3. The van der Waals surface area contributed by atoms with Crippen LogP contribution in [0.1, 0.15) is 49.9 Å². The van der Waals surface area contributed by atoms with E-state index in [1.807, 2.05) is 0 Å². The summed E-state index contributed by atoms with van der Waals surface area (Å²) >= 11 is 0.525. The molecule has 0 spiro atoms. The number of alkyl halides is 6. The van der Waals surface area contributed by atoms with Crippen molar-refractivity contribution in [1.82, 2.24) is 29.4 Å². The molecule has 0 atom stereocenters. The number of nitrogens with zero attached hydrogens (tertiary/aromatic N) is 6. The lowest BCUT2D eigenvalue weighted by molar-refractivity contribution is -0.143. The maximum Gasteiger partial charge on any atom is 0.433 e. The first-order chi connectivity index (χ1) is 19.1. The Balaban J connectivity index is 1.72. The van der Waals surface area contributed by atoms with Crippen molar-refractivity contribution in [2.24, 2.45) is 5.73 Å². The maximum atomic E-state index is 13.8. The fraction of sp³-hybridized carbons (Fsp3) is 0.250. The molecule has 17 heteroatoms. The van der Waals surface area contributed by atoms with Gasteiger partial charge in [0.2, 0.25) is 0 Å². The molecule has 3 N–H and O–H groups in total. The van der Waals surface area contributed by atoms with Crippen molar-refractivity contribution in [2.75, 3.05) is 5.32 Å². The van der Waals surface area contributed by atoms with Crippen LogP contribution in [0.15, 0.2) is 24.4 Å². The number of nitrogens with two attached hydrogens (primary N) is 1. The highest BCUT2D eigenvalue weighted by Crippen LogP contribution is 2.44. The number of hydrogen-bond donors (Lipinski definition) is 2. The first kappa shape index (κ1) is 28.0. The molecule has 0 unspecified atom stereocenters. The molecule has 0 saturated heterocycles. The van der Waals surface area contributed by atoms with E-state index in [4.69, 9.17) is 5.73 Å². The highest BCUT2D eigenvalue weighted by Gasteiger charge is 2.37. The van der Waals surface area contributed by atoms with Crippen LogP contribution >= 0.6 is 11.3 Å². The Morgan fingerprint density at radius 2 is 1.71 bits per heavy atom. The van der Waals surface area contributed by atoms with Crippen LogP contribution < -0.4 is 11.1 Å². The van der Waals surface area contributed by atoms with Crippen LogP contribution in [0.4, 0.5) is 32.0 Å². The molecule has 5 aromatic rings. The first-order valence-electron chi connectivity index (χ1n) is 11.7. The number of carbonyl (C=O) groups is 2. The van der Waals surface area contributed by atoms with Crippen LogP contribution in [0.2, 0.25) is 0 Å². The van der Waals surface area contributed by atoms with Gasteiger partial charge < -0.3 is 11.1 Å². The largest absolute Gasteiger partial charge is 0.433 e. The fourth-order valence-electron chi connectivity index (χ4n) is 4.28. The van der Waals surface area contributed by atoms with Crippen molar-refractivity contribution in [3.8, 4) is 11.1 Å². The second-order valence-electron chi connectivity index (χ2n) is 8.92. The minimum absolute atomic E-state index is 0.0238. The van der Waals surface area contributed by atoms with Crippen LogP contribution in [-0.2, 0) is 18.9 Å². The quantitative estimate of drug-likeness (QED) is 0.267. The van der Waals surface area contributed by atoms with Gasteiger partial charge in [-0.1, -0.05) is 0 Å². The number of rotatable bonds is 5. The van der Waals surface area contributed by atoms with Crippen LogP contribution in [0.5, 0.6) is 0 Å². The molecule has 0 saturated carbocycles. The van der Waals surface area contributed by atoms with Gasteiger partial charge in [-0.3, -0.25) is 14.3 Å². The van der Waals surface area contributed by atoms with Gasteiger partial charge in [0, 0.05) is 35.5 Å². The van der Waals surface area contributed by atoms with E-state index in [2.05, 4.69) is 25.5 Å². The Hall–Kier alpha value is -4.54. The van der Waals surface area contributed by atoms with E-state index in [1.165, 1.54) is 17.8 Å². The van der Waals surface area contributed by atoms with E-state index in [0.29, 0.717) is 28.1 Å². The number of nitrogens with one attached hydrogen (secondary N) is 1. The van der Waals surface area contributed by atoms with E-state index in [9.17, 15) is 35.9 Å². The average molecular weight is 597 g/mol. The molecule has 10 nitrogen and oxygen atoms in total. The lowest BCUT2D eigenvalue weighted by Gasteiger charge is -2.11. The lowest BCUT2D eigenvalue weighted by atomic mass is 10.0. The Morgan fingerprint density at radius 3 is 2.29 bits per heavy atom. The summed E-state index contributed by atoms with van der Waals surface area (Å²) in [4.78, 5) is 32.7. The van der Waals surface area contributed by atoms with Gasteiger partial charge >= 0.3 is 12.4 Å². The molecular weight excluding hydrogens is 578 g/mol. The molecule has 0 bridgehead atoms. The molecule has 0 aromatic carbocycles. The monoisotopic (exact) mass is 596 g/mol. The highest BCUT2D eigenvalue weighted by atomic mass is 32.1. The second kappa shape index (κ2) is 9.53. The molecule has 41 heavy (non-hydrogen) atoms. The molecule has 0 aliphatic heterocycles. The van der Waals surface area contributed by atoms with E-state index in [-0.39, 0.29) is 43.2 Å². The van der Waals surface area contributed by atoms with E-state index in [1.54, 1.807) is 13.8 Å². The summed E-state index contributed by atoms with van der Waals surface area (Å²) in [6, 6.07) is 2.54. The molecular formula is C24H18F6N8O2S. The first-order valence-corrected chi connectivity index (χ1v) is 12.5. The van der Waals surface area contributed by atoms with Gasteiger partial charge in [0.15, 0.2) is 11.3 Å². The molecule has 5 rings (SSSR count). The van der Waals surface area contributed by atoms with Crippen molar-refractivity contribution in [3.63, 3.8) is 0 Å². The van der Waals surface area contributed by atoms with Crippen molar-refractivity contribution in [1.29, 1.82) is 0 Å². The summed E-state index contributed by atoms with van der Waals surface area (Å²) in [5.41, 5.74) is 2.67. The van der Waals surface area contributed by atoms with Gasteiger partial charge in [-0.05, 0) is 38.5 Å². The van der Waals surface area contributed by atoms with E-state index >= 15 is 0 Å². The lowest BCUT2D eigenvalue weighted by Crippen LogP contribution is -2.18. The molecule has 0 radical (unpaired) electrons. The van der Waals surface area contributed by atoms with Crippen LogP contribution in [-0.4, -0.2) is 41.2 Å². The summed E-state index contributed by atoms with van der Waals surface area (Å²) in [6.07, 6.45) is -8.16. The normalized spacial score (nSPS) is 12.4. The Labute approximate surface area is 229 Å². The fourth-order valence-corrected chi connectivity index (χ4v) is 5.29. The van der Waals surface area contributed by atoms with Crippen molar-refractivity contribution in [2.45, 2.75) is 39.7 Å². The number of halogens is 6. The number of amides is 2. The number of aromatic nitrogens is 6. The zero-order valence-corrected chi connectivity index (χ0v) is 22.1. The number of thiophene rings is 1. The summed E-state index contributed by atoms with van der Waals surface area (Å²) in [5, 5.41) is 10.4. The number of fused-ring (bicyclic) bond motifs is 2. The molecule has 2 amide bonds. The van der Waals surface area contributed by atoms with Gasteiger partial charge in [0.25, 0.3) is 11.8 Å². The van der Waals surface area contributed by atoms with Gasteiger partial charge in [-0.15, -0.1) is 11.3 Å². The summed E-state index contributed by atoms with van der Waals surface area (Å²) in [7, 11) is 0. The summed E-state index contributed by atoms with van der Waals surface area (Å²) in [5.74, 6) is -2.13. The number of pyridine rings is 1. The predicted octanol–water partition coefficient (Wildman–Crippen LogP) is 5.23. The molecule has 5 heterocycles. The van der Waals surface area contributed by atoms with Crippen LogP contribution in [0.25, 0.3) is 27.0 Å². The van der Waals surface area contributed by atoms with Crippen molar-refractivity contribution < 1.29 is 35.9 Å². The predicted molar refractivity (Wildman–Crippen MR) is 135 cm³/mol. The SMILES string of the molecule is CCn1cc(-c2cc(C(F)(F)F)nc3sc(C(N)=O)c(NC(=O)c4cc5nc(C)cc(C(F)(F)F)n5n4)c23)c(C)n1. The van der Waals surface area contributed by atoms with Crippen LogP contribution in [0.3, 0.4) is 0 Å². The number of primary amides is 1. The second-order valence-corrected chi connectivity index (χ2v) is 9.92. The maximum absolute atomic E-state index is 13.8. The minimum atomic E-state index is -4.85. The molecule has 0 aliphatic carbocycles.